The predicted octanol–water partition coefficient (Wildman–Crippen LogP) is 1.63. The van der Waals surface area contributed by atoms with Crippen molar-refractivity contribution in [3.63, 3.8) is 0 Å². The molecule has 1 amide bonds. The van der Waals surface area contributed by atoms with Crippen molar-refractivity contribution in [1.29, 1.82) is 0 Å². The van der Waals surface area contributed by atoms with E-state index in [1.165, 1.54) is 0 Å². The normalized spacial score (nSPS) is 26.7. The number of nitrogens with zero attached hydrogens (tertiary/aromatic N) is 1. The van der Waals surface area contributed by atoms with Crippen LogP contribution in [0.15, 0.2) is 0 Å². The van der Waals surface area contributed by atoms with Crippen molar-refractivity contribution in [2.75, 3.05) is 13.1 Å². The van der Waals surface area contributed by atoms with Crippen molar-refractivity contribution in [3.05, 3.63) is 0 Å². The number of carbonyl (C=O) groups is 1. The molecule has 0 saturated carbocycles. The van der Waals surface area contributed by atoms with Crippen LogP contribution in [0.4, 0.5) is 0 Å². The van der Waals surface area contributed by atoms with Gasteiger partial charge in [0.1, 0.15) is 0 Å². The first-order chi connectivity index (χ1) is 7.07. The molecule has 2 unspecified atom stereocenters. The minimum absolute atomic E-state index is 0.182. The minimum atomic E-state index is 0.182. The van der Waals surface area contributed by atoms with Gasteiger partial charge in [0.05, 0.1) is 5.92 Å². The van der Waals surface area contributed by atoms with Crippen LogP contribution in [-0.2, 0) is 4.79 Å². The van der Waals surface area contributed by atoms with E-state index in [0.29, 0.717) is 18.0 Å². The van der Waals surface area contributed by atoms with E-state index in [0.717, 1.165) is 25.9 Å². The van der Waals surface area contributed by atoms with Gasteiger partial charge in [0.15, 0.2) is 0 Å². The average Bonchev–Trinajstić information content (AvgIpc) is 2.18. The highest BCUT2D eigenvalue weighted by molar-refractivity contribution is 5.79. The summed E-state index contributed by atoms with van der Waals surface area (Å²) in [7, 11) is 0. The van der Waals surface area contributed by atoms with Crippen LogP contribution in [0.1, 0.15) is 40.5 Å². The quantitative estimate of drug-likeness (QED) is 0.771. The Hall–Kier alpha value is -0.570. The van der Waals surface area contributed by atoms with Crippen LogP contribution >= 0.6 is 0 Å². The van der Waals surface area contributed by atoms with Gasteiger partial charge in [-0.15, -0.1) is 0 Å². The third kappa shape index (κ3) is 2.94. The molecular formula is C12H24N2O. The summed E-state index contributed by atoms with van der Waals surface area (Å²) in [4.78, 5) is 14.2. The van der Waals surface area contributed by atoms with Crippen LogP contribution in [-0.4, -0.2) is 36.0 Å². The Morgan fingerprint density at radius 2 is 2.20 bits per heavy atom. The molecule has 0 spiro atoms. The zero-order chi connectivity index (χ0) is 11.4. The second-order valence-electron chi connectivity index (χ2n) is 4.71. The second kappa shape index (κ2) is 5.50. The monoisotopic (exact) mass is 212 g/mol. The molecule has 0 bridgehead atoms. The molecule has 0 aromatic rings. The first-order valence-corrected chi connectivity index (χ1v) is 6.11. The molecule has 3 heteroatoms. The van der Waals surface area contributed by atoms with Crippen LogP contribution in [0.5, 0.6) is 0 Å². The largest absolute Gasteiger partial charge is 0.340 e. The number of piperidine rings is 1. The molecule has 2 atom stereocenters. The number of rotatable bonds is 3. The van der Waals surface area contributed by atoms with Crippen molar-refractivity contribution in [2.45, 2.75) is 52.6 Å². The van der Waals surface area contributed by atoms with E-state index in [-0.39, 0.29) is 5.92 Å². The Bertz CT molecular complexity index is 216. The van der Waals surface area contributed by atoms with E-state index >= 15 is 0 Å². The third-order valence-electron chi connectivity index (χ3n) is 3.33. The number of amides is 1. The Morgan fingerprint density at radius 1 is 1.53 bits per heavy atom. The number of hydrogen-bond donors (Lipinski definition) is 1. The topological polar surface area (TPSA) is 32.3 Å². The van der Waals surface area contributed by atoms with Gasteiger partial charge in [-0.2, -0.15) is 0 Å². The fourth-order valence-electron chi connectivity index (χ4n) is 2.37. The molecule has 1 aliphatic rings. The first kappa shape index (κ1) is 12.5. The van der Waals surface area contributed by atoms with Crippen LogP contribution in [0, 0.1) is 5.92 Å². The summed E-state index contributed by atoms with van der Waals surface area (Å²) in [6.45, 7) is 10.2. The molecule has 1 aliphatic heterocycles. The molecular weight excluding hydrogens is 188 g/mol. The maximum Gasteiger partial charge on any atom is 0.227 e. The molecule has 0 radical (unpaired) electrons. The number of nitrogens with one attached hydrogen (secondary N) is 1. The lowest BCUT2D eigenvalue weighted by atomic mass is 9.90. The van der Waals surface area contributed by atoms with Crippen molar-refractivity contribution in [1.82, 2.24) is 10.2 Å². The summed E-state index contributed by atoms with van der Waals surface area (Å²) < 4.78 is 0. The molecule has 3 nitrogen and oxygen atoms in total. The van der Waals surface area contributed by atoms with Gasteiger partial charge in [-0.05, 0) is 47.1 Å². The van der Waals surface area contributed by atoms with E-state index in [1.807, 2.05) is 4.90 Å². The van der Waals surface area contributed by atoms with E-state index in [4.69, 9.17) is 0 Å². The fourth-order valence-corrected chi connectivity index (χ4v) is 2.37. The van der Waals surface area contributed by atoms with Gasteiger partial charge in [-0.25, -0.2) is 0 Å². The van der Waals surface area contributed by atoms with E-state index in [2.05, 4.69) is 33.0 Å². The lowest BCUT2D eigenvalue weighted by Crippen LogP contribution is -2.49. The fraction of sp³-hybridized carbons (Fsp3) is 0.917. The van der Waals surface area contributed by atoms with Crippen molar-refractivity contribution in [3.8, 4) is 0 Å². The summed E-state index contributed by atoms with van der Waals surface area (Å²) >= 11 is 0. The molecule has 88 valence electrons. The molecule has 1 N–H and O–H groups in total. The molecule has 0 aliphatic carbocycles. The summed E-state index contributed by atoms with van der Waals surface area (Å²) in [5.74, 6) is 0.508. The maximum atomic E-state index is 12.3. The lowest BCUT2D eigenvalue weighted by molar-refractivity contribution is -0.138. The molecule has 1 heterocycles. The Morgan fingerprint density at radius 3 is 2.67 bits per heavy atom. The van der Waals surface area contributed by atoms with Gasteiger partial charge in [0.2, 0.25) is 5.91 Å². The van der Waals surface area contributed by atoms with Crippen molar-refractivity contribution >= 4 is 5.91 Å². The van der Waals surface area contributed by atoms with Gasteiger partial charge in [-0.3, -0.25) is 4.79 Å². The smallest absolute Gasteiger partial charge is 0.227 e. The van der Waals surface area contributed by atoms with Crippen LogP contribution < -0.4 is 5.32 Å². The van der Waals surface area contributed by atoms with Gasteiger partial charge in [0.25, 0.3) is 0 Å². The highest BCUT2D eigenvalue weighted by Gasteiger charge is 2.31. The summed E-state index contributed by atoms with van der Waals surface area (Å²) in [6, 6.07) is 0.649. The van der Waals surface area contributed by atoms with Gasteiger partial charge in [0, 0.05) is 18.6 Å². The summed E-state index contributed by atoms with van der Waals surface area (Å²) in [5.41, 5.74) is 0. The SMILES string of the molecule is CCN(C(=O)C1CCCNC1C)C(C)C. The molecule has 0 aromatic heterocycles. The van der Waals surface area contributed by atoms with E-state index in [9.17, 15) is 4.79 Å². The lowest BCUT2D eigenvalue weighted by Gasteiger charge is -2.35. The zero-order valence-electron chi connectivity index (χ0n) is 10.4. The Labute approximate surface area is 93.2 Å². The highest BCUT2D eigenvalue weighted by atomic mass is 16.2. The van der Waals surface area contributed by atoms with Crippen LogP contribution in [0.25, 0.3) is 0 Å². The molecule has 1 rings (SSSR count). The summed E-state index contributed by atoms with van der Waals surface area (Å²) in [6.07, 6.45) is 2.16. The molecule has 1 fully saturated rings. The molecule has 15 heavy (non-hydrogen) atoms. The number of carbonyl (C=O) groups excluding carboxylic acids is 1. The van der Waals surface area contributed by atoms with E-state index in [1.54, 1.807) is 0 Å². The maximum absolute atomic E-state index is 12.3. The molecule has 1 saturated heterocycles. The molecule has 0 aromatic carbocycles. The first-order valence-electron chi connectivity index (χ1n) is 6.11. The second-order valence-corrected chi connectivity index (χ2v) is 4.71. The van der Waals surface area contributed by atoms with Gasteiger partial charge >= 0.3 is 0 Å². The van der Waals surface area contributed by atoms with Gasteiger partial charge in [-0.1, -0.05) is 0 Å². The number of hydrogen-bond acceptors (Lipinski definition) is 2. The standard InChI is InChI=1S/C12H24N2O/c1-5-14(9(2)3)12(15)11-7-6-8-13-10(11)4/h9-11,13H,5-8H2,1-4H3. The van der Waals surface area contributed by atoms with Crippen LogP contribution in [0.2, 0.25) is 0 Å². The van der Waals surface area contributed by atoms with Gasteiger partial charge < -0.3 is 10.2 Å². The zero-order valence-corrected chi connectivity index (χ0v) is 10.4. The van der Waals surface area contributed by atoms with E-state index < -0.39 is 0 Å². The Balaban J connectivity index is 2.64. The van der Waals surface area contributed by atoms with Crippen LogP contribution in [0.3, 0.4) is 0 Å². The van der Waals surface area contributed by atoms with Crippen molar-refractivity contribution in [2.24, 2.45) is 5.92 Å². The predicted molar refractivity (Wildman–Crippen MR) is 62.7 cm³/mol. The minimum Gasteiger partial charge on any atom is -0.340 e. The summed E-state index contributed by atoms with van der Waals surface area (Å²) in [5, 5.41) is 3.38. The third-order valence-corrected chi connectivity index (χ3v) is 3.33. The Kier molecular flexibility index (Phi) is 4.58. The average molecular weight is 212 g/mol. The highest BCUT2D eigenvalue weighted by Crippen LogP contribution is 2.20. The van der Waals surface area contributed by atoms with Crippen molar-refractivity contribution < 1.29 is 4.79 Å².